The van der Waals surface area contributed by atoms with Crippen LogP contribution in [-0.2, 0) is 11.0 Å². The zero-order valence-electron chi connectivity index (χ0n) is 16.8. The van der Waals surface area contributed by atoms with E-state index in [1.807, 2.05) is 6.07 Å². The molecule has 8 nitrogen and oxygen atoms in total. The Morgan fingerprint density at radius 3 is 2.69 bits per heavy atom. The molecule has 3 rings (SSSR count). The number of ether oxygens (including phenoxy) is 1. The highest BCUT2D eigenvalue weighted by Crippen LogP contribution is 2.37. The molecule has 0 fully saturated rings. The molecular formula is C20H17F3N4O4S. The molecule has 32 heavy (non-hydrogen) atoms. The number of methoxy groups -OCH3 is 1. The summed E-state index contributed by atoms with van der Waals surface area (Å²) in [6.45, 7) is 1.52. The van der Waals surface area contributed by atoms with Gasteiger partial charge in [-0.3, -0.25) is 19.5 Å². The predicted molar refractivity (Wildman–Crippen MR) is 112 cm³/mol. The van der Waals surface area contributed by atoms with Crippen LogP contribution in [0.2, 0.25) is 0 Å². The number of carbonyl (C=O) groups is 1. The highest BCUT2D eigenvalue weighted by molar-refractivity contribution is 8.00. The predicted octanol–water partition coefficient (Wildman–Crippen LogP) is 4.93. The lowest BCUT2D eigenvalue weighted by Gasteiger charge is -2.16. The van der Waals surface area contributed by atoms with Gasteiger partial charge in [-0.05, 0) is 25.1 Å². The van der Waals surface area contributed by atoms with Gasteiger partial charge in [-0.15, -0.1) is 0 Å². The number of non-ortho nitro benzene ring substituents is 1. The SMILES string of the molecule is COc1cccc(-n2ccnc2SC(C)C(=O)Nc2ccc([N+](=O)[O-])cc2C(F)(F)F)c1. The minimum absolute atomic E-state index is 0.392. The fourth-order valence-corrected chi connectivity index (χ4v) is 3.65. The van der Waals surface area contributed by atoms with E-state index in [0.717, 1.165) is 29.6 Å². The summed E-state index contributed by atoms with van der Waals surface area (Å²) in [6.07, 6.45) is -1.67. The molecule has 0 radical (unpaired) electrons. The standard InChI is InChI=1S/C20H17F3N4O4S/c1-12(32-19-24-8-9-26(19)13-4-3-5-15(10-13)31-2)18(28)25-17-7-6-14(27(29)30)11-16(17)20(21,22)23/h3-12H,1-2H3,(H,25,28). The van der Waals surface area contributed by atoms with Crippen molar-refractivity contribution < 1.29 is 27.6 Å². The van der Waals surface area contributed by atoms with E-state index >= 15 is 0 Å². The average Bonchev–Trinajstić information content (AvgIpc) is 3.21. The lowest BCUT2D eigenvalue weighted by atomic mass is 10.1. The fourth-order valence-electron chi connectivity index (χ4n) is 2.77. The Kier molecular flexibility index (Phi) is 6.72. The molecule has 1 N–H and O–H groups in total. The molecule has 168 valence electrons. The number of thioether (sulfide) groups is 1. The Bertz CT molecular complexity index is 1150. The molecule has 1 aromatic heterocycles. The third-order valence-electron chi connectivity index (χ3n) is 4.37. The molecule has 1 amide bonds. The van der Waals surface area contributed by atoms with Crippen molar-refractivity contribution in [3.8, 4) is 11.4 Å². The van der Waals surface area contributed by atoms with Crippen molar-refractivity contribution in [3.63, 3.8) is 0 Å². The van der Waals surface area contributed by atoms with E-state index in [2.05, 4.69) is 10.3 Å². The van der Waals surface area contributed by atoms with Gasteiger partial charge in [0.2, 0.25) is 5.91 Å². The van der Waals surface area contributed by atoms with Gasteiger partial charge in [-0.25, -0.2) is 4.98 Å². The molecule has 0 bridgehead atoms. The second kappa shape index (κ2) is 9.30. The van der Waals surface area contributed by atoms with Crippen LogP contribution in [0.15, 0.2) is 60.0 Å². The first-order valence-corrected chi connectivity index (χ1v) is 9.99. The van der Waals surface area contributed by atoms with E-state index in [0.29, 0.717) is 17.0 Å². The van der Waals surface area contributed by atoms with E-state index in [9.17, 15) is 28.1 Å². The number of hydrogen-bond donors (Lipinski definition) is 1. The number of nitro benzene ring substituents is 1. The molecule has 0 aliphatic carbocycles. The molecule has 0 saturated heterocycles. The number of halogens is 3. The molecule has 1 unspecified atom stereocenters. The molecule has 0 aliphatic heterocycles. The maximum atomic E-state index is 13.3. The Labute approximate surface area is 184 Å². The van der Waals surface area contributed by atoms with Crippen LogP contribution in [-0.4, -0.2) is 32.7 Å². The maximum absolute atomic E-state index is 13.3. The van der Waals surface area contributed by atoms with E-state index < -0.39 is 39.2 Å². The van der Waals surface area contributed by atoms with Crippen LogP contribution in [0.25, 0.3) is 5.69 Å². The maximum Gasteiger partial charge on any atom is 0.418 e. The largest absolute Gasteiger partial charge is 0.497 e. The number of benzene rings is 2. The smallest absolute Gasteiger partial charge is 0.418 e. The summed E-state index contributed by atoms with van der Waals surface area (Å²) in [6, 6.07) is 9.29. The molecule has 2 aromatic carbocycles. The number of hydrogen-bond acceptors (Lipinski definition) is 6. The highest BCUT2D eigenvalue weighted by atomic mass is 32.2. The van der Waals surface area contributed by atoms with Crippen LogP contribution in [0.5, 0.6) is 5.75 Å². The number of amides is 1. The third-order valence-corrected chi connectivity index (χ3v) is 5.45. The van der Waals surface area contributed by atoms with Gasteiger partial charge < -0.3 is 10.1 Å². The van der Waals surface area contributed by atoms with Gasteiger partial charge in [-0.2, -0.15) is 13.2 Å². The van der Waals surface area contributed by atoms with Crippen LogP contribution >= 0.6 is 11.8 Å². The molecule has 0 aliphatic rings. The lowest BCUT2D eigenvalue weighted by molar-refractivity contribution is -0.385. The van der Waals surface area contributed by atoms with Gasteiger partial charge >= 0.3 is 6.18 Å². The fraction of sp³-hybridized carbons (Fsp3) is 0.200. The Morgan fingerprint density at radius 2 is 2.03 bits per heavy atom. The van der Waals surface area contributed by atoms with E-state index in [1.54, 1.807) is 29.0 Å². The summed E-state index contributed by atoms with van der Waals surface area (Å²) < 4.78 is 47.0. The molecule has 0 spiro atoms. The monoisotopic (exact) mass is 466 g/mol. The van der Waals surface area contributed by atoms with Gasteiger partial charge in [0.05, 0.1) is 34.2 Å². The second-order valence-electron chi connectivity index (χ2n) is 6.52. The van der Waals surface area contributed by atoms with Crippen LogP contribution in [0.4, 0.5) is 24.5 Å². The average molecular weight is 466 g/mol. The number of nitrogens with one attached hydrogen (secondary N) is 1. The zero-order valence-corrected chi connectivity index (χ0v) is 17.6. The number of nitrogens with zero attached hydrogens (tertiary/aromatic N) is 3. The summed E-state index contributed by atoms with van der Waals surface area (Å²) in [5.41, 5.74) is -1.85. The minimum atomic E-state index is -4.88. The number of alkyl halides is 3. The van der Waals surface area contributed by atoms with Crippen LogP contribution in [0.3, 0.4) is 0 Å². The van der Waals surface area contributed by atoms with Gasteiger partial charge in [0.15, 0.2) is 5.16 Å². The van der Waals surface area contributed by atoms with Crippen molar-refractivity contribution in [1.29, 1.82) is 0 Å². The number of carbonyl (C=O) groups excluding carboxylic acids is 1. The third kappa shape index (κ3) is 5.19. The summed E-state index contributed by atoms with van der Waals surface area (Å²) >= 11 is 1.04. The Hall–Kier alpha value is -3.54. The molecular weight excluding hydrogens is 449 g/mol. The lowest BCUT2D eigenvalue weighted by Crippen LogP contribution is -2.24. The molecule has 12 heteroatoms. The van der Waals surface area contributed by atoms with E-state index in [1.165, 1.54) is 20.2 Å². The van der Waals surface area contributed by atoms with Crippen molar-refractivity contribution in [2.75, 3.05) is 12.4 Å². The van der Waals surface area contributed by atoms with Crippen molar-refractivity contribution in [2.24, 2.45) is 0 Å². The summed E-state index contributed by atoms with van der Waals surface area (Å²) in [7, 11) is 1.53. The van der Waals surface area contributed by atoms with Crippen LogP contribution < -0.4 is 10.1 Å². The van der Waals surface area contributed by atoms with E-state index in [4.69, 9.17) is 4.74 Å². The van der Waals surface area contributed by atoms with Crippen molar-refractivity contribution in [2.45, 2.75) is 23.5 Å². The van der Waals surface area contributed by atoms with Gasteiger partial charge in [0.25, 0.3) is 5.69 Å². The molecule has 1 atom stereocenters. The Balaban J connectivity index is 1.80. The number of imidazole rings is 1. The van der Waals surface area contributed by atoms with Gasteiger partial charge in [0, 0.05) is 30.6 Å². The topological polar surface area (TPSA) is 99.3 Å². The number of aromatic nitrogens is 2. The van der Waals surface area contributed by atoms with Crippen molar-refractivity contribution >= 4 is 29.0 Å². The van der Waals surface area contributed by atoms with Crippen LogP contribution in [0.1, 0.15) is 12.5 Å². The zero-order chi connectivity index (χ0) is 23.5. The molecule has 3 aromatic rings. The molecule has 1 heterocycles. The highest BCUT2D eigenvalue weighted by Gasteiger charge is 2.36. The quantitative estimate of drug-likeness (QED) is 0.301. The molecule has 0 saturated carbocycles. The second-order valence-corrected chi connectivity index (χ2v) is 7.82. The summed E-state index contributed by atoms with van der Waals surface area (Å²) in [5, 5.41) is 12.7. The first-order valence-electron chi connectivity index (χ1n) is 9.11. The van der Waals surface area contributed by atoms with Crippen LogP contribution in [0, 0.1) is 10.1 Å². The van der Waals surface area contributed by atoms with E-state index in [-0.39, 0.29) is 0 Å². The van der Waals surface area contributed by atoms with Crippen molar-refractivity contribution in [3.05, 3.63) is 70.5 Å². The number of rotatable bonds is 7. The first kappa shape index (κ1) is 23.1. The van der Waals surface area contributed by atoms with Gasteiger partial charge in [-0.1, -0.05) is 17.8 Å². The minimum Gasteiger partial charge on any atom is -0.497 e. The summed E-state index contributed by atoms with van der Waals surface area (Å²) in [4.78, 5) is 26.7. The normalized spacial score (nSPS) is 12.3. The van der Waals surface area contributed by atoms with Gasteiger partial charge in [0.1, 0.15) is 5.75 Å². The number of nitro groups is 1. The number of anilines is 1. The first-order chi connectivity index (χ1) is 15.1. The Morgan fingerprint density at radius 1 is 1.28 bits per heavy atom. The summed E-state index contributed by atoms with van der Waals surface area (Å²) in [5.74, 6) is -0.0923. The van der Waals surface area contributed by atoms with Crippen molar-refractivity contribution in [1.82, 2.24) is 9.55 Å².